The van der Waals surface area contributed by atoms with Gasteiger partial charge in [0.25, 0.3) is 5.91 Å². The van der Waals surface area contributed by atoms with Crippen molar-refractivity contribution in [2.24, 2.45) is 10.7 Å². The predicted molar refractivity (Wildman–Crippen MR) is 41.5 cm³/mol. The van der Waals surface area contributed by atoms with Crippen LogP contribution < -0.4 is 5.73 Å². The molecule has 0 bridgehead atoms. The first-order chi connectivity index (χ1) is 5.77. The van der Waals surface area contributed by atoms with Crippen molar-refractivity contribution < 1.29 is 4.79 Å². The average molecular weight is 162 g/mol. The molecule has 0 saturated carbocycles. The molecule has 1 amide bonds. The number of amidine groups is 1. The molecule has 0 aliphatic carbocycles. The zero-order chi connectivity index (χ0) is 8.55. The molecule has 0 atom stereocenters. The van der Waals surface area contributed by atoms with E-state index in [0.29, 0.717) is 11.3 Å². The number of amides is 1. The second kappa shape index (κ2) is 2.37. The van der Waals surface area contributed by atoms with Crippen LogP contribution in [0.15, 0.2) is 17.5 Å². The third kappa shape index (κ3) is 0.952. The van der Waals surface area contributed by atoms with Crippen molar-refractivity contribution >= 4 is 11.7 Å². The standard InChI is InChI=1S/C7H6N4O/c8-7-4-2-9-3-10-5(4)1-6(12)11-7/h2-3H,1H2,(H2,8,11,12). The van der Waals surface area contributed by atoms with Crippen LogP contribution in [0.5, 0.6) is 0 Å². The Morgan fingerprint density at radius 3 is 3.17 bits per heavy atom. The highest BCUT2D eigenvalue weighted by atomic mass is 16.1. The SMILES string of the molecule is NC1=NC(=O)Cc2ncncc21. The average Bonchev–Trinajstić information content (AvgIpc) is 2.04. The van der Waals surface area contributed by atoms with Gasteiger partial charge in [-0.15, -0.1) is 0 Å². The molecule has 1 aliphatic heterocycles. The largest absolute Gasteiger partial charge is 0.383 e. The van der Waals surface area contributed by atoms with Crippen LogP contribution in [0.3, 0.4) is 0 Å². The lowest BCUT2D eigenvalue weighted by atomic mass is 10.1. The molecule has 2 N–H and O–H groups in total. The van der Waals surface area contributed by atoms with Crippen LogP contribution in [0.25, 0.3) is 0 Å². The van der Waals surface area contributed by atoms with Crippen LogP contribution in [-0.2, 0) is 11.2 Å². The maximum atomic E-state index is 10.9. The van der Waals surface area contributed by atoms with Gasteiger partial charge in [-0.2, -0.15) is 4.99 Å². The van der Waals surface area contributed by atoms with E-state index >= 15 is 0 Å². The maximum Gasteiger partial charge on any atom is 0.253 e. The highest BCUT2D eigenvalue weighted by molar-refractivity contribution is 6.08. The second-order valence-electron chi connectivity index (χ2n) is 2.45. The molecule has 1 aliphatic rings. The number of nitrogens with two attached hydrogens (primary N) is 1. The molecule has 12 heavy (non-hydrogen) atoms. The molecule has 0 aromatic carbocycles. The van der Waals surface area contributed by atoms with E-state index in [1.54, 1.807) is 6.20 Å². The summed E-state index contributed by atoms with van der Waals surface area (Å²) in [6, 6.07) is 0. The van der Waals surface area contributed by atoms with Crippen LogP contribution in [0, 0.1) is 0 Å². The summed E-state index contributed by atoms with van der Waals surface area (Å²) >= 11 is 0. The summed E-state index contributed by atoms with van der Waals surface area (Å²) in [7, 11) is 0. The molecule has 0 spiro atoms. The van der Waals surface area contributed by atoms with Crippen LogP contribution in [0.1, 0.15) is 11.3 Å². The Labute approximate surface area is 68.4 Å². The molecule has 0 radical (unpaired) electrons. The summed E-state index contributed by atoms with van der Waals surface area (Å²) < 4.78 is 0. The number of carbonyl (C=O) groups is 1. The molecule has 0 unspecified atom stereocenters. The third-order valence-corrected chi connectivity index (χ3v) is 1.63. The number of aliphatic imine (C=N–C) groups is 1. The van der Waals surface area contributed by atoms with E-state index in [9.17, 15) is 4.79 Å². The Morgan fingerprint density at radius 1 is 1.50 bits per heavy atom. The number of hydrogen-bond acceptors (Lipinski definition) is 4. The number of fused-ring (bicyclic) bond motifs is 1. The number of aromatic nitrogens is 2. The summed E-state index contributed by atoms with van der Waals surface area (Å²) in [5.41, 5.74) is 6.80. The van der Waals surface area contributed by atoms with E-state index in [-0.39, 0.29) is 18.2 Å². The van der Waals surface area contributed by atoms with Gasteiger partial charge in [-0.3, -0.25) is 4.79 Å². The Kier molecular flexibility index (Phi) is 1.36. The first-order valence-electron chi connectivity index (χ1n) is 3.43. The van der Waals surface area contributed by atoms with Gasteiger partial charge in [0.1, 0.15) is 12.2 Å². The molecule has 5 heteroatoms. The lowest BCUT2D eigenvalue weighted by molar-refractivity contribution is -0.117. The monoisotopic (exact) mass is 162 g/mol. The summed E-state index contributed by atoms with van der Waals surface area (Å²) in [4.78, 5) is 22.2. The smallest absolute Gasteiger partial charge is 0.253 e. The molecule has 1 aromatic rings. The van der Waals surface area contributed by atoms with Gasteiger partial charge in [0.05, 0.1) is 17.7 Å². The molecule has 60 valence electrons. The van der Waals surface area contributed by atoms with Crippen LogP contribution >= 0.6 is 0 Å². The minimum absolute atomic E-state index is 0.210. The van der Waals surface area contributed by atoms with Crippen LogP contribution in [0.2, 0.25) is 0 Å². The zero-order valence-electron chi connectivity index (χ0n) is 6.19. The Bertz CT molecular complexity index is 371. The van der Waals surface area contributed by atoms with Crippen molar-refractivity contribution in [3.05, 3.63) is 23.8 Å². The molecular weight excluding hydrogens is 156 g/mol. The normalized spacial score (nSPS) is 15.3. The lowest BCUT2D eigenvalue weighted by Crippen LogP contribution is -2.24. The van der Waals surface area contributed by atoms with E-state index in [1.807, 2.05) is 0 Å². The first kappa shape index (κ1) is 6.90. The fourth-order valence-corrected chi connectivity index (χ4v) is 1.09. The Morgan fingerprint density at radius 2 is 2.33 bits per heavy atom. The lowest BCUT2D eigenvalue weighted by Gasteiger charge is -2.09. The highest BCUT2D eigenvalue weighted by Crippen LogP contribution is 2.09. The molecule has 5 nitrogen and oxygen atoms in total. The number of hydrogen-bond donors (Lipinski definition) is 1. The Balaban J connectivity index is 2.60. The quantitative estimate of drug-likeness (QED) is 0.545. The fourth-order valence-electron chi connectivity index (χ4n) is 1.09. The molecule has 2 heterocycles. The van der Waals surface area contributed by atoms with Crippen LogP contribution in [-0.4, -0.2) is 21.7 Å². The highest BCUT2D eigenvalue weighted by Gasteiger charge is 2.17. The predicted octanol–water partition coefficient (Wildman–Crippen LogP) is -0.735. The number of nitrogens with zero attached hydrogens (tertiary/aromatic N) is 3. The van der Waals surface area contributed by atoms with Gasteiger partial charge in [-0.05, 0) is 0 Å². The minimum Gasteiger partial charge on any atom is -0.383 e. The third-order valence-electron chi connectivity index (χ3n) is 1.63. The van der Waals surface area contributed by atoms with Crippen molar-refractivity contribution in [1.29, 1.82) is 0 Å². The molecule has 0 saturated heterocycles. The molecule has 0 fully saturated rings. The summed E-state index contributed by atoms with van der Waals surface area (Å²) in [6.45, 7) is 0. The van der Waals surface area contributed by atoms with E-state index in [0.717, 1.165) is 0 Å². The number of rotatable bonds is 0. The summed E-state index contributed by atoms with van der Waals surface area (Å²) in [5.74, 6) is -0.0412. The van der Waals surface area contributed by atoms with E-state index < -0.39 is 0 Å². The van der Waals surface area contributed by atoms with Crippen molar-refractivity contribution in [2.75, 3.05) is 0 Å². The van der Waals surface area contributed by atoms with Gasteiger partial charge < -0.3 is 5.73 Å². The van der Waals surface area contributed by atoms with Gasteiger partial charge in [0.2, 0.25) is 0 Å². The maximum absolute atomic E-state index is 10.9. The number of carbonyl (C=O) groups excluding carboxylic acids is 1. The fraction of sp³-hybridized carbons (Fsp3) is 0.143. The van der Waals surface area contributed by atoms with E-state index in [4.69, 9.17) is 5.73 Å². The minimum atomic E-state index is -0.251. The zero-order valence-corrected chi connectivity index (χ0v) is 6.19. The summed E-state index contributed by atoms with van der Waals surface area (Å²) in [6.07, 6.45) is 3.18. The van der Waals surface area contributed by atoms with Crippen LogP contribution in [0.4, 0.5) is 0 Å². The van der Waals surface area contributed by atoms with Crippen molar-refractivity contribution in [3.63, 3.8) is 0 Å². The van der Waals surface area contributed by atoms with E-state index in [1.165, 1.54) is 6.33 Å². The first-order valence-corrected chi connectivity index (χ1v) is 3.43. The van der Waals surface area contributed by atoms with Gasteiger partial charge in [0, 0.05) is 6.20 Å². The topological polar surface area (TPSA) is 81.2 Å². The van der Waals surface area contributed by atoms with Crippen molar-refractivity contribution in [1.82, 2.24) is 9.97 Å². The van der Waals surface area contributed by atoms with Gasteiger partial charge in [-0.25, -0.2) is 9.97 Å². The van der Waals surface area contributed by atoms with Crippen molar-refractivity contribution in [3.8, 4) is 0 Å². The molecular formula is C7H6N4O. The van der Waals surface area contributed by atoms with Crippen molar-refractivity contribution in [2.45, 2.75) is 6.42 Å². The van der Waals surface area contributed by atoms with E-state index in [2.05, 4.69) is 15.0 Å². The molecule has 1 aromatic heterocycles. The second-order valence-corrected chi connectivity index (χ2v) is 2.45. The Hall–Kier alpha value is -1.78. The summed E-state index contributed by atoms with van der Waals surface area (Å²) in [5, 5.41) is 0. The van der Waals surface area contributed by atoms with Gasteiger partial charge in [-0.1, -0.05) is 0 Å². The molecule has 2 rings (SSSR count). The van der Waals surface area contributed by atoms with Gasteiger partial charge >= 0.3 is 0 Å². The van der Waals surface area contributed by atoms with Gasteiger partial charge in [0.15, 0.2) is 0 Å².